The van der Waals surface area contributed by atoms with Gasteiger partial charge in [0.15, 0.2) is 0 Å². The SMILES string of the molecule is O=C(O)C1CN(c2cc(Cl)nc(C(F)(F)F)n2)C1. The Labute approximate surface area is 104 Å². The first-order chi connectivity index (χ1) is 8.27. The molecular weight excluding hydrogens is 275 g/mol. The van der Waals surface area contributed by atoms with Crippen molar-refractivity contribution >= 4 is 23.4 Å². The summed E-state index contributed by atoms with van der Waals surface area (Å²) >= 11 is 5.49. The zero-order valence-corrected chi connectivity index (χ0v) is 9.53. The van der Waals surface area contributed by atoms with Crippen LogP contribution >= 0.6 is 11.6 Å². The number of halogens is 4. The first kappa shape index (κ1) is 12.9. The van der Waals surface area contributed by atoms with Crippen LogP contribution < -0.4 is 4.90 Å². The lowest BCUT2D eigenvalue weighted by Gasteiger charge is -2.37. The third kappa shape index (κ3) is 2.47. The Morgan fingerprint density at radius 3 is 2.56 bits per heavy atom. The molecule has 0 amide bonds. The van der Waals surface area contributed by atoms with Crippen LogP contribution in [0.1, 0.15) is 5.82 Å². The van der Waals surface area contributed by atoms with Crippen LogP contribution in [0.2, 0.25) is 5.15 Å². The molecular formula is C9H7ClF3N3O2. The van der Waals surface area contributed by atoms with Gasteiger partial charge < -0.3 is 10.0 Å². The maximum atomic E-state index is 12.4. The fraction of sp³-hybridized carbons (Fsp3) is 0.444. The molecule has 0 saturated carbocycles. The van der Waals surface area contributed by atoms with Gasteiger partial charge in [0.05, 0.1) is 5.92 Å². The summed E-state index contributed by atoms with van der Waals surface area (Å²) < 4.78 is 37.3. The van der Waals surface area contributed by atoms with Crippen LogP contribution in [0.5, 0.6) is 0 Å². The fourth-order valence-electron chi connectivity index (χ4n) is 1.52. The molecule has 9 heteroatoms. The van der Waals surface area contributed by atoms with E-state index in [0.29, 0.717) is 0 Å². The summed E-state index contributed by atoms with van der Waals surface area (Å²) in [5, 5.41) is 8.34. The van der Waals surface area contributed by atoms with Gasteiger partial charge in [-0.2, -0.15) is 13.2 Å². The molecule has 98 valence electrons. The molecule has 1 aromatic heterocycles. The molecule has 0 aromatic carbocycles. The molecule has 1 N–H and O–H groups in total. The topological polar surface area (TPSA) is 66.3 Å². The zero-order valence-electron chi connectivity index (χ0n) is 8.78. The molecule has 2 rings (SSSR count). The molecule has 0 radical (unpaired) electrons. The van der Waals surface area contributed by atoms with Gasteiger partial charge in [-0.15, -0.1) is 0 Å². The summed E-state index contributed by atoms with van der Waals surface area (Å²) in [6.07, 6.45) is -4.68. The van der Waals surface area contributed by atoms with Crippen molar-refractivity contribution in [1.82, 2.24) is 9.97 Å². The first-order valence-electron chi connectivity index (χ1n) is 4.87. The van der Waals surface area contributed by atoms with E-state index in [4.69, 9.17) is 16.7 Å². The zero-order chi connectivity index (χ0) is 13.5. The molecule has 18 heavy (non-hydrogen) atoms. The average Bonchev–Trinajstić information content (AvgIpc) is 2.11. The smallest absolute Gasteiger partial charge is 0.451 e. The molecule has 0 unspecified atom stereocenters. The Hall–Kier alpha value is -1.57. The Balaban J connectivity index is 2.20. The largest absolute Gasteiger partial charge is 0.481 e. The summed E-state index contributed by atoms with van der Waals surface area (Å²) in [4.78, 5) is 18.4. The summed E-state index contributed by atoms with van der Waals surface area (Å²) in [6.45, 7) is 0.222. The van der Waals surface area contributed by atoms with Gasteiger partial charge in [-0.25, -0.2) is 9.97 Å². The number of anilines is 1. The minimum atomic E-state index is -4.68. The fourth-order valence-corrected chi connectivity index (χ4v) is 1.69. The van der Waals surface area contributed by atoms with E-state index >= 15 is 0 Å². The van der Waals surface area contributed by atoms with Gasteiger partial charge in [0.2, 0.25) is 5.82 Å². The summed E-state index contributed by atoms with van der Waals surface area (Å²) in [5.74, 6) is -2.92. The van der Waals surface area contributed by atoms with Crippen LogP contribution in [0, 0.1) is 5.92 Å². The molecule has 0 atom stereocenters. The lowest BCUT2D eigenvalue weighted by Crippen LogP contribution is -2.51. The van der Waals surface area contributed by atoms with Crippen molar-refractivity contribution in [2.75, 3.05) is 18.0 Å². The van der Waals surface area contributed by atoms with Gasteiger partial charge in [0, 0.05) is 19.2 Å². The molecule has 5 nitrogen and oxygen atoms in total. The van der Waals surface area contributed by atoms with Gasteiger partial charge in [0.1, 0.15) is 11.0 Å². The lowest BCUT2D eigenvalue weighted by molar-refractivity contribution is -0.145. The minimum absolute atomic E-state index is 0.0141. The first-order valence-corrected chi connectivity index (χ1v) is 5.24. The molecule has 1 aliphatic heterocycles. The maximum absolute atomic E-state index is 12.4. The van der Waals surface area contributed by atoms with Crippen molar-refractivity contribution in [1.29, 1.82) is 0 Å². The van der Waals surface area contributed by atoms with E-state index in [-0.39, 0.29) is 24.1 Å². The number of hydrogen-bond acceptors (Lipinski definition) is 4. The van der Waals surface area contributed by atoms with E-state index in [1.54, 1.807) is 0 Å². The molecule has 2 heterocycles. The highest BCUT2D eigenvalue weighted by molar-refractivity contribution is 6.29. The highest BCUT2D eigenvalue weighted by Crippen LogP contribution is 2.31. The van der Waals surface area contributed by atoms with E-state index in [0.717, 1.165) is 0 Å². The van der Waals surface area contributed by atoms with Gasteiger partial charge in [0.25, 0.3) is 0 Å². The van der Waals surface area contributed by atoms with E-state index in [1.807, 2.05) is 0 Å². The normalized spacial score (nSPS) is 16.6. The number of carbonyl (C=O) groups is 1. The molecule has 1 aliphatic rings. The third-order valence-electron chi connectivity index (χ3n) is 2.49. The number of nitrogens with zero attached hydrogens (tertiary/aromatic N) is 3. The Morgan fingerprint density at radius 1 is 1.44 bits per heavy atom. The van der Waals surface area contributed by atoms with Crippen molar-refractivity contribution in [2.45, 2.75) is 6.18 Å². The van der Waals surface area contributed by atoms with E-state index in [2.05, 4.69) is 9.97 Å². The molecule has 1 fully saturated rings. The molecule has 1 aromatic rings. The van der Waals surface area contributed by atoms with Crippen molar-refractivity contribution in [3.63, 3.8) is 0 Å². The van der Waals surface area contributed by atoms with Crippen molar-refractivity contribution in [3.05, 3.63) is 17.0 Å². The van der Waals surface area contributed by atoms with Crippen molar-refractivity contribution in [3.8, 4) is 0 Å². The van der Waals surface area contributed by atoms with Gasteiger partial charge >= 0.3 is 12.1 Å². The second-order valence-corrected chi connectivity index (χ2v) is 4.20. The predicted molar refractivity (Wildman–Crippen MR) is 55.4 cm³/mol. The lowest BCUT2D eigenvalue weighted by atomic mass is 10.0. The number of rotatable bonds is 2. The third-order valence-corrected chi connectivity index (χ3v) is 2.68. The summed E-state index contributed by atoms with van der Waals surface area (Å²) in [5.41, 5.74) is 0. The van der Waals surface area contributed by atoms with E-state index < -0.39 is 23.9 Å². The molecule has 0 aliphatic carbocycles. The van der Waals surface area contributed by atoms with Crippen LogP contribution in [-0.2, 0) is 11.0 Å². The second kappa shape index (κ2) is 4.27. The highest BCUT2D eigenvalue weighted by atomic mass is 35.5. The summed E-state index contributed by atoms with van der Waals surface area (Å²) in [7, 11) is 0. The quantitative estimate of drug-likeness (QED) is 0.835. The van der Waals surface area contributed by atoms with Crippen LogP contribution in [0.15, 0.2) is 6.07 Å². The summed E-state index contributed by atoms with van der Waals surface area (Å²) in [6, 6.07) is 1.18. The van der Waals surface area contributed by atoms with E-state index in [9.17, 15) is 18.0 Å². The van der Waals surface area contributed by atoms with Crippen LogP contribution in [0.3, 0.4) is 0 Å². The number of carboxylic acids is 1. The highest BCUT2D eigenvalue weighted by Gasteiger charge is 2.38. The second-order valence-electron chi connectivity index (χ2n) is 3.81. The minimum Gasteiger partial charge on any atom is -0.481 e. The van der Waals surface area contributed by atoms with Crippen LogP contribution in [0.25, 0.3) is 0 Å². The van der Waals surface area contributed by atoms with Crippen molar-refractivity contribution in [2.24, 2.45) is 5.92 Å². The Kier molecular flexibility index (Phi) is 3.05. The monoisotopic (exact) mass is 281 g/mol. The van der Waals surface area contributed by atoms with Crippen LogP contribution in [-0.4, -0.2) is 34.1 Å². The average molecular weight is 282 g/mol. The van der Waals surface area contributed by atoms with Gasteiger partial charge in [-0.1, -0.05) is 11.6 Å². The predicted octanol–water partition coefficient (Wildman–Crippen LogP) is 1.67. The number of carboxylic acid groups (broad SMARTS) is 1. The standard InChI is InChI=1S/C9H7ClF3N3O2/c10-5-1-6(15-8(14-5)9(11,12)13)16-2-4(3-16)7(17)18/h1,4H,2-3H2,(H,17,18). The molecule has 0 spiro atoms. The Bertz CT molecular complexity index is 488. The number of hydrogen-bond donors (Lipinski definition) is 1. The van der Waals surface area contributed by atoms with Crippen LogP contribution in [0.4, 0.5) is 19.0 Å². The van der Waals surface area contributed by atoms with Crippen molar-refractivity contribution < 1.29 is 23.1 Å². The number of alkyl halides is 3. The van der Waals surface area contributed by atoms with E-state index in [1.165, 1.54) is 11.0 Å². The molecule has 1 saturated heterocycles. The number of aliphatic carboxylic acids is 1. The number of aromatic nitrogens is 2. The Morgan fingerprint density at radius 2 is 2.06 bits per heavy atom. The molecule has 0 bridgehead atoms. The van der Waals surface area contributed by atoms with Gasteiger partial charge in [-0.3, -0.25) is 4.79 Å². The van der Waals surface area contributed by atoms with Gasteiger partial charge in [-0.05, 0) is 0 Å². The maximum Gasteiger partial charge on any atom is 0.451 e.